The predicted molar refractivity (Wildman–Crippen MR) is 386 cm³/mol. The minimum absolute atomic E-state index is 0.00764. The molecule has 580 valence electrons. The minimum atomic E-state index is -1.90. The average Bonchev–Trinajstić information content (AvgIpc) is 0.969. The molecule has 0 spiro atoms. The molecule has 40 nitrogen and oxygen atoms in total. The van der Waals surface area contributed by atoms with Crippen LogP contribution in [0.1, 0.15) is 88.7 Å². The first-order chi connectivity index (χ1) is 49.2. The number of thiol groups is 2. The highest BCUT2D eigenvalue weighted by molar-refractivity contribution is 7.80. The predicted octanol–water partition coefficient (Wildman–Crippen LogP) is -9.55. The third-order valence-corrected chi connectivity index (χ3v) is 16.3. The van der Waals surface area contributed by atoms with Crippen molar-refractivity contribution in [1.29, 1.82) is 10.8 Å². The van der Waals surface area contributed by atoms with E-state index in [1.54, 1.807) is 0 Å². The smallest absolute Gasteiger partial charge is 0.326 e. The summed E-state index contributed by atoms with van der Waals surface area (Å²) in [6.07, 6.45) is -3.50. The van der Waals surface area contributed by atoms with Gasteiger partial charge < -0.3 is 135 Å². The summed E-state index contributed by atoms with van der Waals surface area (Å²) in [5, 5.41) is 87.1. The number of carbonyl (C=O) groups excluding carboxylic acids is 12. The van der Waals surface area contributed by atoms with Crippen molar-refractivity contribution in [3.05, 3.63) is 59.7 Å². The summed E-state index contributed by atoms with van der Waals surface area (Å²) in [4.78, 5) is 178. The van der Waals surface area contributed by atoms with Crippen LogP contribution in [0.4, 0.5) is 0 Å². The number of carbonyl (C=O) groups is 13. The fourth-order valence-electron chi connectivity index (χ4n) is 9.89. The lowest BCUT2D eigenvalue weighted by atomic mass is 10.0. The number of aliphatic hydroxyl groups is 1. The van der Waals surface area contributed by atoms with Gasteiger partial charge in [-0.1, -0.05) is 24.3 Å². The second-order valence-corrected chi connectivity index (χ2v) is 24.8. The lowest BCUT2D eigenvalue weighted by Crippen LogP contribution is -2.62. The molecule has 12 amide bonds. The first kappa shape index (κ1) is 90.2. The van der Waals surface area contributed by atoms with E-state index >= 15 is 0 Å². The Bertz CT molecular complexity index is 3200. The SMILES string of the molecule is C[C@@H](O)[C@H](NC(=O)[C@H](CCN)NC(=O)[C@H](CCCNC(=N)N)NC(=O)[C@H](CC(N)=O)NC(=O)[C@H](CS)NC(=O)[C@@H](N)Cc1ccc(O)cc1)C(=O)N[C@H](CCN)C(=O)N[C@@H](CCCCN)C(=O)N[C@@H](CS)C(=O)N[C@@H](CCN)C(=O)N[C@@H](CCCNC(=N)N)C(=O)N[C@@H](Cc1ccc(O)cc1)C(=O)O. The number of primary amides is 1. The van der Waals surface area contributed by atoms with Crippen molar-refractivity contribution in [2.24, 2.45) is 45.9 Å². The molecule has 0 saturated heterocycles. The number of guanidine groups is 2. The number of amides is 12. The standard InChI is InChI=1S/C62H103N23O17S2/c1-31(86)48(85-55(96)42(19-23-66)78-50(91)38(7-4-24-73-61(69)70)77-56(97)43(28-47(68)89)81-58(99)45(29-103)83-49(90)36(67)26-32-9-13-34(87)14-10-32)59(100)80-41(18-22-65)54(95)75-37(6-2-3-20-63)52(93)84-46(30-104)57(98)79-40(17-21-64)53(94)76-39(8-5-25-74-62(71)72)51(92)82-44(60(101)102)27-33-11-15-35(88)16-12-33/h9-16,31,36-46,48,86-88,103-104H,2-8,17-30,63-67H2,1H3,(H2,68,89)(H,75,95)(H,76,94)(H,77,97)(H,78,91)(H,79,98)(H,80,100)(H,81,99)(H,82,92)(H,83,90)(H,84,93)(H,85,96)(H,101,102)(H4,69,70,73)(H4,71,72,74)/t31-,36+,37+,38+,39+,40+,41-,42+,43+,44+,45+,46+,48+/m1/s1. The Labute approximate surface area is 611 Å². The molecule has 35 N–H and O–H groups in total. The van der Waals surface area contributed by atoms with Crippen molar-refractivity contribution < 1.29 is 82.8 Å². The molecule has 0 aliphatic carbocycles. The van der Waals surface area contributed by atoms with E-state index in [9.17, 15) is 82.8 Å². The average molecular weight is 1510 g/mol. The second-order valence-electron chi connectivity index (χ2n) is 24.0. The van der Waals surface area contributed by atoms with Crippen LogP contribution in [0.25, 0.3) is 0 Å². The second kappa shape index (κ2) is 48.2. The van der Waals surface area contributed by atoms with Gasteiger partial charge in [-0.3, -0.25) is 68.4 Å². The minimum Gasteiger partial charge on any atom is -0.508 e. The van der Waals surface area contributed by atoms with Crippen LogP contribution in [-0.2, 0) is 75.2 Å². The molecule has 13 atom stereocenters. The first-order valence-corrected chi connectivity index (χ1v) is 34.5. The number of hydrogen-bond donors (Lipinski definition) is 29. The molecule has 42 heteroatoms. The molecule has 0 aliphatic heterocycles. The normalized spacial score (nSPS) is 14.7. The van der Waals surface area contributed by atoms with Crippen molar-refractivity contribution in [3.63, 3.8) is 0 Å². The third-order valence-electron chi connectivity index (χ3n) is 15.5. The molecule has 104 heavy (non-hydrogen) atoms. The van der Waals surface area contributed by atoms with E-state index in [0.717, 1.165) is 6.92 Å². The highest BCUT2D eigenvalue weighted by Crippen LogP contribution is 2.15. The maximum absolute atomic E-state index is 14.2. The van der Waals surface area contributed by atoms with Gasteiger partial charge >= 0.3 is 5.97 Å². The van der Waals surface area contributed by atoms with Gasteiger partial charge in [0.2, 0.25) is 70.9 Å². The number of phenolic OH excluding ortho intramolecular Hbond substituents is 2. The van der Waals surface area contributed by atoms with Gasteiger partial charge in [0.05, 0.1) is 18.6 Å². The number of phenols is 2. The topological polar surface area (TPSA) is 715 Å². The van der Waals surface area contributed by atoms with Crippen LogP contribution in [0.5, 0.6) is 11.5 Å². The number of aliphatic carboxylic acids is 1. The summed E-state index contributed by atoms with van der Waals surface area (Å²) < 4.78 is 0. The Hall–Kier alpha value is -9.85. The highest BCUT2D eigenvalue weighted by Gasteiger charge is 2.38. The molecule has 0 aromatic heterocycles. The Morgan fingerprint density at radius 2 is 0.712 bits per heavy atom. The van der Waals surface area contributed by atoms with E-state index in [1.165, 1.54) is 48.5 Å². The van der Waals surface area contributed by atoms with Crippen molar-refractivity contribution in [2.45, 2.75) is 169 Å². The molecule has 0 fully saturated rings. The van der Waals surface area contributed by atoms with Crippen LogP contribution in [0.3, 0.4) is 0 Å². The maximum atomic E-state index is 14.2. The van der Waals surface area contributed by atoms with Crippen molar-refractivity contribution >= 4 is 114 Å². The number of unbranched alkanes of at least 4 members (excludes halogenated alkanes) is 1. The molecular weight excluding hydrogens is 1400 g/mol. The fourth-order valence-corrected chi connectivity index (χ4v) is 10.4. The molecule has 2 aromatic carbocycles. The number of hydrogen-bond acceptors (Lipinski definition) is 25. The monoisotopic (exact) mass is 1510 g/mol. The van der Waals surface area contributed by atoms with E-state index in [4.69, 9.17) is 56.7 Å². The van der Waals surface area contributed by atoms with Gasteiger partial charge in [-0.25, -0.2) is 4.79 Å². The summed E-state index contributed by atoms with van der Waals surface area (Å²) in [6, 6.07) is -7.16. The molecule has 0 saturated carbocycles. The number of benzene rings is 2. The lowest BCUT2D eigenvalue weighted by molar-refractivity contribution is -0.142. The zero-order valence-corrected chi connectivity index (χ0v) is 59.4. The van der Waals surface area contributed by atoms with Crippen LogP contribution in [0.2, 0.25) is 0 Å². The van der Waals surface area contributed by atoms with Crippen LogP contribution in [-0.4, -0.2) is 239 Å². The zero-order valence-electron chi connectivity index (χ0n) is 57.6. The Kier molecular flexibility index (Phi) is 41.8. The van der Waals surface area contributed by atoms with Gasteiger partial charge in [-0.05, 0) is 139 Å². The Morgan fingerprint density at radius 1 is 0.404 bits per heavy atom. The molecule has 0 bridgehead atoms. The summed E-state index contributed by atoms with van der Waals surface area (Å²) in [5.74, 6) is -15.4. The van der Waals surface area contributed by atoms with Gasteiger partial charge in [0, 0.05) is 31.0 Å². The Balaban J connectivity index is 2.36. The van der Waals surface area contributed by atoms with Gasteiger partial charge in [0.15, 0.2) is 11.9 Å². The molecule has 0 aliphatic rings. The summed E-state index contributed by atoms with van der Waals surface area (Å²) in [7, 11) is 0. The fraction of sp³-hybridized carbons (Fsp3) is 0.565. The number of carboxylic acid groups (broad SMARTS) is 1. The van der Waals surface area contributed by atoms with Gasteiger partial charge in [-0.2, -0.15) is 25.3 Å². The van der Waals surface area contributed by atoms with Crippen molar-refractivity contribution in [3.8, 4) is 11.5 Å². The number of aliphatic hydroxyl groups excluding tert-OH is 1. The third kappa shape index (κ3) is 34.0. The molecule has 2 rings (SSSR count). The van der Waals surface area contributed by atoms with E-state index in [2.05, 4.69) is 94.4 Å². The van der Waals surface area contributed by atoms with E-state index < -0.39 is 174 Å². The number of nitrogens with two attached hydrogens (primary N) is 8. The largest absolute Gasteiger partial charge is 0.508 e. The van der Waals surface area contributed by atoms with E-state index in [1.807, 2.05) is 0 Å². The molecule has 0 unspecified atom stereocenters. The highest BCUT2D eigenvalue weighted by atomic mass is 32.1. The first-order valence-electron chi connectivity index (χ1n) is 33.2. The maximum Gasteiger partial charge on any atom is 0.326 e. The zero-order chi connectivity index (χ0) is 78.2. The molecule has 2 aromatic rings. The van der Waals surface area contributed by atoms with E-state index in [0.29, 0.717) is 17.5 Å². The number of aromatic hydroxyl groups is 2. The molecule has 0 radical (unpaired) electrons. The van der Waals surface area contributed by atoms with Crippen LogP contribution in [0, 0.1) is 10.8 Å². The van der Waals surface area contributed by atoms with E-state index in [-0.39, 0.29) is 133 Å². The summed E-state index contributed by atoms with van der Waals surface area (Å²) in [5.41, 5.74) is 46.7. The number of rotatable bonds is 50. The summed E-state index contributed by atoms with van der Waals surface area (Å²) in [6.45, 7) is 0.534. The number of nitrogens with one attached hydrogen (secondary N) is 15. The van der Waals surface area contributed by atoms with Crippen molar-refractivity contribution in [2.75, 3.05) is 50.8 Å². The molecular formula is C62H103N23O17S2. The number of carboxylic acids is 1. The quantitative estimate of drug-likeness (QED) is 0.0127. The van der Waals surface area contributed by atoms with Gasteiger partial charge in [0.1, 0.15) is 78.0 Å². The van der Waals surface area contributed by atoms with Crippen LogP contribution >= 0.6 is 25.3 Å². The van der Waals surface area contributed by atoms with Crippen LogP contribution < -0.4 is 115 Å². The lowest BCUT2D eigenvalue weighted by Gasteiger charge is -2.29. The van der Waals surface area contributed by atoms with Crippen molar-refractivity contribution in [1.82, 2.24) is 69.1 Å². The van der Waals surface area contributed by atoms with Gasteiger partial charge in [-0.15, -0.1) is 0 Å². The molecule has 0 heterocycles. The van der Waals surface area contributed by atoms with Crippen LogP contribution in [0.15, 0.2) is 48.5 Å². The Morgan fingerprint density at radius 3 is 1.06 bits per heavy atom. The summed E-state index contributed by atoms with van der Waals surface area (Å²) >= 11 is 8.40. The van der Waals surface area contributed by atoms with Gasteiger partial charge in [0.25, 0.3) is 0 Å².